The van der Waals surface area contributed by atoms with Crippen molar-refractivity contribution in [1.29, 1.82) is 0 Å². The Hall–Kier alpha value is -1.68. The topological polar surface area (TPSA) is 59.2 Å². The molecule has 0 aliphatic carbocycles. The Morgan fingerprint density at radius 2 is 2.29 bits per heavy atom. The molecule has 0 saturated heterocycles. The van der Waals surface area contributed by atoms with E-state index in [9.17, 15) is 5.11 Å². The summed E-state index contributed by atoms with van der Waals surface area (Å²) in [6.07, 6.45) is 6.31. The second-order valence-electron chi connectivity index (χ2n) is 3.03. The fourth-order valence-electron chi connectivity index (χ4n) is 1.25. The molecular formula is C10H10N2O2. The van der Waals surface area contributed by atoms with Gasteiger partial charge < -0.3 is 9.52 Å². The van der Waals surface area contributed by atoms with E-state index in [2.05, 4.69) is 10.2 Å². The lowest BCUT2D eigenvalue weighted by Gasteiger charge is -2.07. The molecule has 4 nitrogen and oxygen atoms in total. The van der Waals surface area contributed by atoms with E-state index in [-0.39, 0.29) is 0 Å². The molecule has 1 N–H and O–H groups in total. The number of aliphatic hydroxyl groups is 1. The van der Waals surface area contributed by atoms with Crippen molar-refractivity contribution >= 4 is 0 Å². The van der Waals surface area contributed by atoms with Gasteiger partial charge in [0.15, 0.2) is 0 Å². The van der Waals surface area contributed by atoms with Crippen LogP contribution in [0, 0.1) is 0 Å². The highest BCUT2D eigenvalue weighted by Gasteiger charge is 2.08. The van der Waals surface area contributed by atoms with Crippen molar-refractivity contribution in [3.63, 3.8) is 0 Å². The second-order valence-corrected chi connectivity index (χ2v) is 3.03. The van der Waals surface area contributed by atoms with Crippen molar-refractivity contribution in [2.75, 3.05) is 0 Å². The van der Waals surface area contributed by atoms with Crippen LogP contribution in [-0.4, -0.2) is 15.3 Å². The number of hydrogen-bond acceptors (Lipinski definition) is 4. The standard InChI is InChI=1S/C10H10N2O2/c13-10(5-8-2-4-14-7-8)9-1-3-11-12-6-9/h1-4,6-7,10,13H,5H2. The van der Waals surface area contributed by atoms with Gasteiger partial charge in [0.1, 0.15) is 0 Å². The van der Waals surface area contributed by atoms with E-state index < -0.39 is 6.10 Å². The summed E-state index contributed by atoms with van der Waals surface area (Å²) in [4.78, 5) is 0. The lowest BCUT2D eigenvalue weighted by Crippen LogP contribution is -2.01. The van der Waals surface area contributed by atoms with Crippen molar-refractivity contribution in [1.82, 2.24) is 10.2 Å². The molecule has 0 aliphatic heterocycles. The summed E-state index contributed by atoms with van der Waals surface area (Å²) < 4.78 is 4.91. The number of aromatic nitrogens is 2. The Labute approximate surface area is 81.2 Å². The molecule has 0 amide bonds. The van der Waals surface area contributed by atoms with Crippen LogP contribution < -0.4 is 0 Å². The van der Waals surface area contributed by atoms with Gasteiger partial charge in [0.25, 0.3) is 0 Å². The van der Waals surface area contributed by atoms with Crippen molar-refractivity contribution in [3.8, 4) is 0 Å². The molecule has 72 valence electrons. The predicted octanol–water partition coefficient (Wildman–Crippen LogP) is 1.35. The molecule has 0 spiro atoms. The van der Waals surface area contributed by atoms with E-state index in [0.717, 1.165) is 11.1 Å². The first-order valence-corrected chi connectivity index (χ1v) is 4.32. The zero-order chi connectivity index (χ0) is 9.80. The van der Waals surface area contributed by atoms with Crippen LogP contribution in [0.1, 0.15) is 17.2 Å². The molecule has 0 saturated carbocycles. The molecule has 4 heteroatoms. The van der Waals surface area contributed by atoms with E-state index in [4.69, 9.17) is 4.42 Å². The quantitative estimate of drug-likeness (QED) is 0.793. The molecule has 1 unspecified atom stereocenters. The Bertz CT molecular complexity index is 372. The van der Waals surface area contributed by atoms with Gasteiger partial charge in [-0.25, -0.2) is 0 Å². The first kappa shape index (κ1) is 8.90. The fourth-order valence-corrected chi connectivity index (χ4v) is 1.25. The van der Waals surface area contributed by atoms with Crippen LogP contribution in [0.25, 0.3) is 0 Å². The molecule has 2 rings (SSSR count). The monoisotopic (exact) mass is 190 g/mol. The van der Waals surface area contributed by atoms with Gasteiger partial charge in [0.2, 0.25) is 0 Å². The maximum absolute atomic E-state index is 9.78. The maximum Gasteiger partial charge on any atom is 0.0935 e. The number of nitrogens with zero attached hydrogens (tertiary/aromatic N) is 2. The summed E-state index contributed by atoms with van der Waals surface area (Å²) in [5, 5.41) is 17.1. The van der Waals surface area contributed by atoms with Gasteiger partial charge in [0, 0.05) is 18.2 Å². The lowest BCUT2D eigenvalue weighted by atomic mass is 10.1. The zero-order valence-corrected chi connectivity index (χ0v) is 7.50. The molecule has 0 fully saturated rings. The van der Waals surface area contributed by atoms with E-state index in [1.165, 1.54) is 0 Å². The molecule has 0 bridgehead atoms. The van der Waals surface area contributed by atoms with Gasteiger partial charge in [-0.2, -0.15) is 10.2 Å². The first-order valence-electron chi connectivity index (χ1n) is 4.32. The van der Waals surface area contributed by atoms with Crippen LogP contribution in [-0.2, 0) is 6.42 Å². The number of furan rings is 1. The van der Waals surface area contributed by atoms with Crippen LogP contribution in [0.4, 0.5) is 0 Å². The van der Waals surface area contributed by atoms with E-state index in [1.807, 2.05) is 6.07 Å². The largest absolute Gasteiger partial charge is 0.472 e. The van der Waals surface area contributed by atoms with Crippen LogP contribution >= 0.6 is 0 Å². The van der Waals surface area contributed by atoms with Gasteiger partial charge in [-0.3, -0.25) is 0 Å². The molecule has 1 atom stereocenters. The van der Waals surface area contributed by atoms with E-state index >= 15 is 0 Å². The highest BCUT2D eigenvalue weighted by Crippen LogP contribution is 2.16. The van der Waals surface area contributed by atoms with Gasteiger partial charge in [-0.1, -0.05) is 0 Å². The number of rotatable bonds is 3. The molecule has 2 heterocycles. The van der Waals surface area contributed by atoms with E-state index in [0.29, 0.717) is 6.42 Å². The zero-order valence-electron chi connectivity index (χ0n) is 7.50. The Kier molecular flexibility index (Phi) is 2.55. The van der Waals surface area contributed by atoms with Crippen molar-refractivity contribution in [3.05, 3.63) is 48.2 Å². The SMILES string of the molecule is OC(Cc1ccoc1)c1ccnnc1. The first-order chi connectivity index (χ1) is 6.86. The lowest BCUT2D eigenvalue weighted by molar-refractivity contribution is 0.177. The highest BCUT2D eigenvalue weighted by molar-refractivity contribution is 5.15. The van der Waals surface area contributed by atoms with Gasteiger partial charge >= 0.3 is 0 Å². The molecule has 0 aromatic carbocycles. The third-order valence-electron chi connectivity index (χ3n) is 2.00. The van der Waals surface area contributed by atoms with Crippen molar-refractivity contribution in [2.45, 2.75) is 12.5 Å². The average Bonchev–Trinajstić information content (AvgIpc) is 2.72. The van der Waals surface area contributed by atoms with Gasteiger partial charge in [-0.15, -0.1) is 0 Å². The third kappa shape index (κ3) is 1.97. The molecule has 0 aliphatic rings. The predicted molar refractivity (Wildman–Crippen MR) is 49.4 cm³/mol. The molecular weight excluding hydrogens is 180 g/mol. The maximum atomic E-state index is 9.78. The summed E-state index contributed by atoms with van der Waals surface area (Å²) in [7, 11) is 0. The Morgan fingerprint density at radius 1 is 1.36 bits per heavy atom. The minimum atomic E-state index is -0.553. The third-order valence-corrected chi connectivity index (χ3v) is 2.00. The van der Waals surface area contributed by atoms with Gasteiger partial charge in [0.05, 0.1) is 24.8 Å². The molecule has 14 heavy (non-hydrogen) atoms. The minimum absolute atomic E-state index is 0.530. The molecule has 2 aromatic rings. The van der Waals surface area contributed by atoms with Crippen molar-refractivity contribution in [2.24, 2.45) is 0 Å². The summed E-state index contributed by atoms with van der Waals surface area (Å²) >= 11 is 0. The van der Waals surface area contributed by atoms with Crippen molar-refractivity contribution < 1.29 is 9.52 Å². The highest BCUT2D eigenvalue weighted by atomic mass is 16.3. The summed E-state index contributed by atoms with van der Waals surface area (Å²) in [5.74, 6) is 0. The summed E-state index contributed by atoms with van der Waals surface area (Å²) in [6, 6.07) is 3.58. The second kappa shape index (κ2) is 4.02. The Balaban J connectivity index is 2.07. The fraction of sp³-hybridized carbons (Fsp3) is 0.200. The van der Waals surface area contributed by atoms with Crippen LogP contribution in [0.5, 0.6) is 0 Å². The molecule has 2 aromatic heterocycles. The molecule has 0 radical (unpaired) electrons. The average molecular weight is 190 g/mol. The van der Waals surface area contributed by atoms with Crippen LogP contribution in [0.3, 0.4) is 0 Å². The minimum Gasteiger partial charge on any atom is -0.472 e. The normalized spacial score (nSPS) is 12.6. The van der Waals surface area contributed by atoms with E-state index in [1.54, 1.807) is 31.0 Å². The van der Waals surface area contributed by atoms with Gasteiger partial charge in [-0.05, 0) is 17.7 Å². The summed E-state index contributed by atoms with van der Waals surface area (Å²) in [5.41, 5.74) is 1.73. The van der Waals surface area contributed by atoms with Crippen LogP contribution in [0.15, 0.2) is 41.5 Å². The summed E-state index contributed by atoms with van der Waals surface area (Å²) in [6.45, 7) is 0. The smallest absolute Gasteiger partial charge is 0.0935 e. The Morgan fingerprint density at radius 3 is 2.93 bits per heavy atom. The number of aliphatic hydroxyl groups excluding tert-OH is 1. The number of hydrogen-bond donors (Lipinski definition) is 1. The van der Waals surface area contributed by atoms with Crippen LogP contribution in [0.2, 0.25) is 0 Å².